The summed E-state index contributed by atoms with van der Waals surface area (Å²) < 4.78 is 15.8. The SMILES string of the molecule is COC(=O)c1ccc(Nc2ccc3c(c2)N(C2CCOCC2)[C@H](C)C(=O)N3C)c(OC)c1. The smallest absolute Gasteiger partial charge is 0.337 e. The van der Waals surface area contributed by atoms with Crippen LogP contribution in [0.4, 0.5) is 22.7 Å². The lowest BCUT2D eigenvalue weighted by Gasteiger charge is -2.45. The molecule has 4 rings (SSSR count). The predicted molar refractivity (Wildman–Crippen MR) is 123 cm³/mol. The molecule has 2 aliphatic heterocycles. The van der Waals surface area contributed by atoms with E-state index >= 15 is 0 Å². The minimum absolute atomic E-state index is 0.0877. The van der Waals surface area contributed by atoms with Crippen LogP contribution in [0.2, 0.25) is 0 Å². The Bertz CT molecular complexity index is 1020. The number of hydrogen-bond donors (Lipinski definition) is 1. The Morgan fingerprint density at radius 2 is 1.84 bits per heavy atom. The summed E-state index contributed by atoms with van der Waals surface area (Å²) in [6.45, 7) is 3.37. The fourth-order valence-corrected chi connectivity index (χ4v) is 4.49. The van der Waals surface area contributed by atoms with Gasteiger partial charge in [0.25, 0.3) is 0 Å². The van der Waals surface area contributed by atoms with Gasteiger partial charge in [-0.05, 0) is 56.2 Å². The number of carbonyl (C=O) groups excluding carboxylic acids is 2. The lowest BCUT2D eigenvalue weighted by Crippen LogP contribution is -2.55. The molecule has 0 aromatic heterocycles. The summed E-state index contributed by atoms with van der Waals surface area (Å²) in [7, 11) is 4.73. The highest BCUT2D eigenvalue weighted by Gasteiger charge is 2.38. The molecule has 0 aliphatic carbocycles. The standard InChI is InChI=1S/C24H29N3O5/c1-15-23(28)26(2)20-8-6-17(14-21(20)27(15)18-9-11-32-12-10-18)25-19-7-5-16(24(29)31-4)13-22(19)30-3/h5-8,13-15,18,25H,9-12H2,1-4H3/t15-/m1/s1. The average Bonchev–Trinajstić information content (AvgIpc) is 2.83. The van der Waals surface area contributed by atoms with Crippen molar-refractivity contribution >= 4 is 34.6 Å². The molecule has 170 valence electrons. The second-order valence-corrected chi connectivity index (χ2v) is 8.06. The number of esters is 1. The van der Waals surface area contributed by atoms with Gasteiger partial charge in [0.2, 0.25) is 5.91 Å². The topological polar surface area (TPSA) is 80.3 Å². The summed E-state index contributed by atoms with van der Waals surface area (Å²) in [5, 5.41) is 3.39. The number of carbonyl (C=O) groups is 2. The number of ether oxygens (including phenoxy) is 3. The molecular weight excluding hydrogens is 410 g/mol. The maximum absolute atomic E-state index is 12.9. The van der Waals surface area contributed by atoms with Crippen molar-refractivity contribution in [3.8, 4) is 5.75 Å². The number of hydrogen-bond acceptors (Lipinski definition) is 7. The Kier molecular flexibility index (Phi) is 6.23. The number of nitrogens with one attached hydrogen (secondary N) is 1. The highest BCUT2D eigenvalue weighted by Crippen LogP contribution is 2.41. The molecule has 1 saturated heterocycles. The normalized spacial score (nSPS) is 18.9. The van der Waals surface area contributed by atoms with Crippen molar-refractivity contribution in [1.82, 2.24) is 0 Å². The van der Waals surface area contributed by atoms with Gasteiger partial charge < -0.3 is 29.3 Å². The van der Waals surface area contributed by atoms with Crippen molar-refractivity contribution in [3.05, 3.63) is 42.0 Å². The Balaban J connectivity index is 1.69. The maximum atomic E-state index is 12.9. The first-order valence-electron chi connectivity index (χ1n) is 10.8. The zero-order chi connectivity index (χ0) is 22.8. The Morgan fingerprint density at radius 1 is 1.09 bits per heavy atom. The van der Waals surface area contributed by atoms with Crippen LogP contribution in [0.5, 0.6) is 5.75 Å². The van der Waals surface area contributed by atoms with Crippen molar-refractivity contribution in [2.24, 2.45) is 0 Å². The molecule has 2 aromatic carbocycles. The van der Waals surface area contributed by atoms with E-state index in [1.54, 1.807) is 30.2 Å². The first-order chi connectivity index (χ1) is 15.4. The fourth-order valence-electron chi connectivity index (χ4n) is 4.49. The van der Waals surface area contributed by atoms with E-state index in [-0.39, 0.29) is 18.0 Å². The minimum Gasteiger partial charge on any atom is -0.495 e. The molecule has 1 fully saturated rings. The molecule has 8 heteroatoms. The van der Waals surface area contributed by atoms with Crippen LogP contribution < -0.4 is 19.9 Å². The third kappa shape index (κ3) is 3.98. The van der Waals surface area contributed by atoms with Crippen molar-refractivity contribution in [2.45, 2.75) is 31.8 Å². The number of likely N-dealkylation sites (N-methyl/N-ethyl adjacent to an activating group) is 1. The lowest BCUT2D eigenvalue weighted by molar-refractivity contribution is -0.119. The van der Waals surface area contributed by atoms with Gasteiger partial charge in [0.15, 0.2) is 0 Å². The Hall–Kier alpha value is -3.26. The van der Waals surface area contributed by atoms with Crippen molar-refractivity contribution in [1.29, 1.82) is 0 Å². The van der Waals surface area contributed by atoms with Crippen LogP contribution in [0.15, 0.2) is 36.4 Å². The number of rotatable bonds is 5. The number of fused-ring (bicyclic) bond motifs is 1. The molecule has 0 unspecified atom stereocenters. The summed E-state index contributed by atoms with van der Waals surface area (Å²) >= 11 is 0. The second kappa shape index (κ2) is 9.08. The monoisotopic (exact) mass is 439 g/mol. The number of anilines is 4. The van der Waals surface area contributed by atoms with Crippen molar-refractivity contribution < 1.29 is 23.8 Å². The number of amides is 1. The largest absolute Gasteiger partial charge is 0.495 e. The van der Waals surface area contributed by atoms with Crippen LogP contribution in [-0.2, 0) is 14.3 Å². The lowest BCUT2D eigenvalue weighted by atomic mass is 9.99. The quantitative estimate of drug-likeness (QED) is 0.714. The highest BCUT2D eigenvalue weighted by atomic mass is 16.5. The van der Waals surface area contributed by atoms with E-state index in [1.807, 2.05) is 26.1 Å². The van der Waals surface area contributed by atoms with Gasteiger partial charge in [-0.25, -0.2) is 4.79 Å². The molecule has 1 atom stereocenters. The average molecular weight is 440 g/mol. The summed E-state index contributed by atoms with van der Waals surface area (Å²) in [4.78, 5) is 28.7. The molecule has 1 amide bonds. The van der Waals surface area contributed by atoms with Crippen molar-refractivity contribution in [2.75, 3.05) is 49.6 Å². The molecule has 2 heterocycles. The molecule has 0 radical (unpaired) electrons. The first-order valence-corrected chi connectivity index (χ1v) is 10.8. The van der Waals surface area contributed by atoms with Crippen molar-refractivity contribution in [3.63, 3.8) is 0 Å². The van der Waals surface area contributed by atoms with Gasteiger partial charge in [-0.2, -0.15) is 0 Å². The predicted octanol–water partition coefficient (Wildman–Crippen LogP) is 3.58. The number of benzene rings is 2. The van der Waals surface area contributed by atoms with E-state index in [0.29, 0.717) is 24.5 Å². The molecule has 0 spiro atoms. The van der Waals surface area contributed by atoms with Crippen LogP contribution in [0.1, 0.15) is 30.1 Å². The van der Waals surface area contributed by atoms with Crippen LogP contribution in [0, 0.1) is 0 Å². The molecule has 2 aliphatic rings. The summed E-state index contributed by atoms with van der Waals surface area (Å²) in [5.74, 6) is 0.203. The molecule has 0 bridgehead atoms. The zero-order valence-corrected chi connectivity index (χ0v) is 18.9. The molecule has 32 heavy (non-hydrogen) atoms. The molecular formula is C24H29N3O5. The summed E-state index contributed by atoms with van der Waals surface area (Å²) in [5.41, 5.74) is 3.91. The van der Waals surface area contributed by atoms with Crippen LogP contribution in [-0.4, -0.2) is 58.4 Å². The van der Waals surface area contributed by atoms with E-state index in [4.69, 9.17) is 14.2 Å². The van der Waals surface area contributed by atoms with Crippen LogP contribution >= 0.6 is 0 Å². The van der Waals surface area contributed by atoms with E-state index < -0.39 is 5.97 Å². The van der Waals surface area contributed by atoms with Gasteiger partial charge in [0.05, 0.1) is 36.8 Å². The van der Waals surface area contributed by atoms with E-state index in [2.05, 4.69) is 16.3 Å². The Labute approximate surface area is 188 Å². The van der Waals surface area contributed by atoms with E-state index in [1.165, 1.54) is 7.11 Å². The molecule has 0 saturated carbocycles. The minimum atomic E-state index is -0.419. The van der Waals surface area contributed by atoms with Crippen LogP contribution in [0.3, 0.4) is 0 Å². The second-order valence-electron chi connectivity index (χ2n) is 8.06. The van der Waals surface area contributed by atoms with Gasteiger partial charge in [0, 0.05) is 32.0 Å². The summed E-state index contributed by atoms with van der Waals surface area (Å²) in [6, 6.07) is 11.1. The van der Waals surface area contributed by atoms with Crippen LogP contribution in [0.25, 0.3) is 0 Å². The zero-order valence-electron chi connectivity index (χ0n) is 18.9. The summed E-state index contributed by atoms with van der Waals surface area (Å²) in [6.07, 6.45) is 1.78. The third-order valence-electron chi connectivity index (χ3n) is 6.21. The van der Waals surface area contributed by atoms with Gasteiger partial charge in [-0.3, -0.25) is 4.79 Å². The highest BCUT2D eigenvalue weighted by molar-refractivity contribution is 6.05. The van der Waals surface area contributed by atoms with Gasteiger partial charge in [-0.1, -0.05) is 0 Å². The van der Waals surface area contributed by atoms with E-state index in [9.17, 15) is 9.59 Å². The van der Waals surface area contributed by atoms with E-state index in [0.717, 1.165) is 35.6 Å². The molecule has 2 aromatic rings. The molecule has 1 N–H and O–H groups in total. The maximum Gasteiger partial charge on any atom is 0.337 e. The van der Waals surface area contributed by atoms with Gasteiger partial charge in [0.1, 0.15) is 11.8 Å². The number of nitrogens with zero attached hydrogens (tertiary/aromatic N) is 2. The first kappa shape index (κ1) is 22.0. The van der Waals surface area contributed by atoms with Gasteiger partial charge >= 0.3 is 5.97 Å². The fraction of sp³-hybridized carbons (Fsp3) is 0.417. The number of methoxy groups -OCH3 is 2. The van der Waals surface area contributed by atoms with Gasteiger partial charge in [-0.15, -0.1) is 0 Å². The third-order valence-corrected chi connectivity index (χ3v) is 6.21. The molecule has 8 nitrogen and oxygen atoms in total. The Morgan fingerprint density at radius 3 is 2.53 bits per heavy atom.